The topological polar surface area (TPSA) is 71.2 Å². The molecule has 116 valence electrons. The molecule has 2 heterocycles. The number of halogens is 1. The Kier molecular flexibility index (Phi) is 3.88. The van der Waals surface area contributed by atoms with E-state index in [-0.39, 0.29) is 0 Å². The number of carboxylic acid groups (broad SMARTS) is 1. The average molecular weight is 321 g/mol. The van der Waals surface area contributed by atoms with Gasteiger partial charge in [0, 0.05) is 11.6 Å². The SMILES string of the molecule is Cc1cc(Cl)cc(CN2Cc3nnc(C)n3CC2C(=O)O)c1. The maximum absolute atomic E-state index is 11.6. The highest BCUT2D eigenvalue weighted by Crippen LogP contribution is 2.22. The Hall–Kier alpha value is -1.92. The molecule has 1 N–H and O–H groups in total. The Labute approximate surface area is 133 Å². The van der Waals surface area contributed by atoms with Crippen molar-refractivity contribution < 1.29 is 9.90 Å². The predicted octanol–water partition coefficient (Wildman–Crippen LogP) is 2.02. The summed E-state index contributed by atoms with van der Waals surface area (Å²) < 4.78 is 1.87. The van der Waals surface area contributed by atoms with Crippen molar-refractivity contribution in [3.05, 3.63) is 46.0 Å². The second kappa shape index (κ2) is 5.70. The zero-order valence-corrected chi connectivity index (χ0v) is 13.2. The molecular formula is C15H17ClN4O2. The van der Waals surface area contributed by atoms with Crippen molar-refractivity contribution in [1.29, 1.82) is 0 Å². The molecule has 2 aromatic rings. The summed E-state index contributed by atoms with van der Waals surface area (Å²) in [5.41, 5.74) is 2.06. The number of carbonyl (C=O) groups is 1. The van der Waals surface area contributed by atoms with E-state index in [2.05, 4.69) is 10.2 Å². The lowest BCUT2D eigenvalue weighted by molar-refractivity contribution is -0.145. The highest BCUT2D eigenvalue weighted by Gasteiger charge is 2.33. The fourth-order valence-corrected chi connectivity index (χ4v) is 3.21. The predicted molar refractivity (Wildman–Crippen MR) is 81.6 cm³/mol. The summed E-state index contributed by atoms with van der Waals surface area (Å²) in [5, 5.41) is 18.4. The second-order valence-electron chi connectivity index (χ2n) is 5.67. The van der Waals surface area contributed by atoms with Crippen LogP contribution in [0.5, 0.6) is 0 Å². The van der Waals surface area contributed by atoms with Gasteiger partial charge < -0.3 is 9.67 Å². The molecule has 1 unspecified atom stereocenters. The number of fused-ring (bicyclic) bond motifs is 1. The lowest BCUT2D eigenvalue weighted by Crippen LogP contribution is -2.47. The maximum atomic E-state index is 11.6. The molecule has 1 aliphatic rings. The van der Waals surface area contributed by atoms with Crippen molar-refractivity contribution in [3.8, 4) is 0 Å². The third-order valence-corrected chi connectivity index (χ3v) is 4.14. The van der Waals surface area contributed by atoms with Gasteiger partial charge in [0.1, 0.15) is 17.7 Å². The van der Waals surface area contributed by atoms with E-state index < -0.39 is 12.0 Å². The van der Waals surface area contributed by atoms with Crippen LogP contribution in [0.25, 0.3) is 0 Å². The van der Waals surface area contributed by atoms with E-state index in [1.165, 1.54) is 0 Å². The summed E-state index contributed by atoms with van der Waals surface area (Å²) in [6.45, 7) is 5.16. The standard InChI is InChI=1S/C15H17ClN4O2/c1-9-3-11(5-12(16)4-9)6-19-8-14-18-17-10(2)20(14)7-13(19)15(21)22/h3-5,13H,6-8H2,1-2H3,(H,21,22). The van der Waals surface area contributed by atoms with Gasteiger partial charge in [0.25, 0.3) is 0 Å². The van der Waals surface area contributed by atoms with Gasteiger partial charge in [-0.2, -0.15) is 0 Å². The Morgan fingerprint density at radius 3 is 2.82 bits per heavy atom. The van der Waals surface area contributed by atoms with Crippen LogP contribution in [0.4, 0.5) is 0 Å². The molecule has 1 aromatic carbocycles. The Balaban J connectivity index is 1.89. The molecule has 0 aliphatic carbocycles. The van der Waals surface area contributed by atoms with E-state index in [0.29, 0.717) is 24.7 Å². The zero-order chi connectivity index (χ0) is 15.9. The molecule has 1 aliphatic heterocycles. The zero-order valence-electron chi connectivity index (χ0n) is 12.5. The quantitative estimate of drug-likeness (QED) is 0.936. The van der Waals surface area contributed by atoms with Gasteiger partial charge in [0.05, 0.1) is 13.1 Å². The fraction of sp³-hybridized carbons (Fsp3) is 0.400. The minimum absolute atomic E-state index is 0.364. The summed E-state index contributed by atoms with van der Waals surface area (Å²) in [4.78, 5) is 13.5. The van der Waals surface area contributed by atoms with Crippen molar-refractivity contribution in [2.75, 3.05) is 0 Å². The van der Waals surface area contributed by atoms with E-state index in [1.54, 1.807) is 0 Å². The van der Waals surface area contributed by atoms with Crippen LogP contribution >= 0.6 is 11.6 Å². The number of aliphatic carboxylic acids is 1. The van der Waals surface area contributed by atoms with Crippen molar-refractivity contribution >= 4 is 17.6 Å². The molecular weight excluding hydrogens is 304 g/mol. The molecule has 6 nitrogen and oxygen atoms in total. The van der Waals surface area contributed by atoms with Crippen LogP contribution in [0.3, 0.4) is 0 Å². The molecule has 22 heavy (non-hydrogen) atoms. The normalized spacial score (nSPS) is 18.2. The maximum Gasteiger partial charge on any atom is 0.322 e. The molecule has 7 heteroatoms. The summed E-state index contributed by atoms with van der Waals surface area (Å²) in [5.74, 6) is 0.714. The first-order valence-corrected chi connectivity index (χ1v) is 7.43. The number of aryl methyl sites for hydroxylation is 2. The Bertz CT molecular complexity index is 708. The van der Waals surface area contributed by atoms with E-state index in [9.17, 15) is 9.90 Å². The van der Waals surface area contributed by atoms with Crippen molar-refractivity contribution in [2.45, 2.75) is 39.5 Å². The van der Waals surface area contributed by atoms with Crippen LogP contribution in [0, 0.1) is 13.8 Å². The molecule has 0 saturated heterocycles. The summed E-state index contributed by atoms with van der Waals surface area (Å²) in [6.07, 6.45) is 0. The minimum Gasteiger partial charge on any atom is -0.480 e. The largest absolute Gasteiger partial charge is 0.480 e. The van der Waals surface area contributed by atoms with Gasteiger partial charge in [-0.15, -0.1) is 10.2 Å². The molecule has 0 saturated carbocycles. The number of nitrogens with zero attached hydrogens (tertiary/aromatic N) is 4. The van der Waals surface area contributed by atoms with E-state index in [0.717, 1.165) is 22.8 Å². The molecule has 0 radical (unpaired) electrons. The first-order valence-electron chi connectivity index (χ1n) is 7.05. The van der Waals surface area contributed by atoms with Gasteiger partial charge in [-0.05, 0) is 37.1 Å². The minimum atomic E-state index is -0.836. The van der Waals surface area contributed by atoms with Gasteiger partial charge >= 0.3 is 5.97 Å². The van der Waals surface area contributed by atoms with Crippen molar-refractivity contribution in [1.82, 2.24) is 19.7 Å². The molecule has 1 aromatic heterocycles. The molecule has 0 spiro atoms. The monoisotopic (exact) mass is 320 g/mol. The molecule has 3 rings (SSSR count). The lowest BCUT2D eigenvalue weighted by Gasteiger charge is -2.33. The highest BCUT2D eigenvalue weighted by molar-refractivity contribution is 6.30. The van der Waals surface area contributed by atoms with Crippen LogP contribution in [-0.2, 0) is 24.4 Å². The van der Waals surface area contributed by atoms with E-state index in [1.807, 2.05) is 41.5 Å². The van der Waals surface area contributed by atoms with Gasteiger partial charge in [0.2, 0.25) is 0 Å². The lowest BCUT2D eigenvalue weighted by atomic mass is 10.1. The van der Waals surface area contributed by atoms with E-state index >= 15 is 0 Å². The first-order chi connectivity index (χ1) is 10.4. The smallest absolute Gasteiger partial charge is 0.322 e. The van der Waals surface area contributed by atoms with E-state index in [4.69, 9.17) is 11.6 Å². The fourth-order valence-electron chi connectivity index (χ4n) is 2.90. The number of hydrogen-bond acceptors (Lipinski definition) is 4. The number of aromatic nitrogens is 3. The van der Waals surface area contributed by atoms with Crippen LogP contribution < -0.4 is 0 Å². The van der Waals surface area contributed by atoms with Crippen LogP contribution in [-0.4, -0.2) is 36.8 Å². The molecule has 0 bridgehead atoms. The summed E-state index contributed by atoms with van der Waals surface area (Å²) in [7, 11) is 0. The van der Waals surface area contributed by atoms with Crippen molar-refractivity contribution in [3.63, 3.8) is 0 Å². The van der Waals surface area contributed by atoms with Crippen LogP contribution in [0.2, 0.25) is 5.02 Å². The van der Waals surface area contributed by atoms with Gasteiger partial charge in [-0.25, -0.2) is 0 Å². The van der Waals surface area contributed by atoms with Gasteiger partial charge in [-0.1, -0.05) is 17.7 Å². The van der Waals surface area contributed by atoms with Gasteiger partial charge in [-0.3, -0.25) is 9.69 Å². The summed E-state index contributed by atoms with van der Waals surface area (Å²) in [6, 6.07) is 5.19. The number of benzene rings is 1. The molecule has 0 fully saturated rings. The number of rotatable bonds is 3. The second-order valence-corrected chi connectivity index (χ2v) is 6.11. The highest BCUT2D eigenvalue weighted by atomic mass is 35.5. The number of carboxylic acids is 1. The average Bonchev–Trinajstić information content (AvgIpc) is 2.77. The summed E-state index contributed by atoms with van der Waals surface area (Å²) >= 11 is 6.09. The van der Waals surface area contributed by atoms with Gasteiger partial charge in [0.15, 0.2) is 0 Å². The number of hydrogen-bond donors (Lipinski definition) is 1. The molecule has 0 amide bonds. The first kappa shape index (κ1) is 15.0. The third kappa shape index (κ3) is 2.84. The third-order valence-electron chi connectivity index (χ3n) is 3.93. The van der Waals surface area contributed by atoms with Crippen LogP contribution in [0.15, 0.2) is 18.2 Å². The Morgan fingerprint density at radius 2 is 2.14 bits per heavy atom. The molecule has 1 atom stereocenters. The van der Waals surface area contributed by atoms with Crippen LogP contribution in [0.1, 0.15) is 22.8 Å². The van der Waals surface area contributed by atoms with Crippen molar-refractivity contribution in [2.24, 2.45) is 0 Å². The Morgan fingerprint density at radius 1 is 1.36 bits per heavy atom.